The molecule has 2 aromatic carbocycles. The fourth-order valence-electron chi connectivity index (χ4n) is 1.88. The van der Waals surface area contributed by atoms with Crippen molar-refractivity contribution in [3.63, 3.8) is 0 Å². The van der Waals surface area contributed by atoms with Crippen molar-refractivity contribution in [2.45, 2.75) is 4.90 Å². The smallest absolute Gasteiger partial charge is 0.160 e. The summed E-state index contributed by atoms with van der Waals surface area (Å²) in [6.45, 7) is 0. The summed E-state index contributed by atoms with van der Waals surface area (Å²) < 4.78 is 4.76. The van der Waals surface area contributed by atoms with E-state index in [2.05, 4.69) is 21.7 Å². The molecule has 3 aromatic rings. The summed E-state index contributed by atoms with van der Waals surface area (Å²) in [5.41, 5.74) is 9.43. The number of nitrogen functional groups attached to an aromatic ring is 1. The van der Waals surface area contributed by atoms with Crippen molar-refractivity contribution in [3.05, 3.63) is 36.4 Å². The molecule has 0 atom stereocenters. The van der Waals surface area contributed by atoms with Crippen molar-refractivity contribution in [1.29, 1.82) is 0 Å². The van der Waals surface area contributed by atoms with E-state index in [1.807, 2.05) is 30.5 Å². The first kappa shape index (κ1) is 11.9. The molecule has 0 aliphatic heterocycles. The second-order valence-electron chi connectivity index (χ2n) is 3.99. The van der Waals surface area contributed by atoms with Gasteiger partial charge in [0.25, 0.3) is 0 Å². The van der Waals surface area contributed by atoms with E-state index in [0.29, 0.717) is 16.7 Å². The molecular weight excluding hydrogens is 260 g/mol. The molecule has 1 aromatic heterocycles. The zero-order valence-electron chi connectivity index (χ0n) is 10.3. The van der Waals surface area contributed by atoms with Crippen LogP contribution >= 0.6 is 11.8 Å². The molecule has 0 aliphatic rings. The van der Waals surface area contributed by atoms with Crippen molar-refractivity contribution >= 4 is 39.9 Å². The Morgan fingerprint density at radius 1 is 1.05 bits per heavy atom. The van der Waals surface area contributed by atoms with Gasteiger partial charge in [0.15, 0.2) is 11.0 Å². The van der Waals surface area contributed by atoms with Crippen molar-refractivity contribution < 1.29 is 4.63 Å². The molecule has 3 N–H and O–H groups in total. The molecule has 1 heterocycles. The molecule has 0 amide bonds. The molecule has 0 unspecified atom stereocenters. The summed E-state index contributed by atoms with van der Waals surface area (Å²) in [5.74, 6) is 0. The summed E-state index contributed by atoms with van der Waals surface area (Å²) in [6.07, 6.45) is 2.04. The Labute approximate surface area is 114 Å². The minimum atomic E-state index is 0.556. The summed E-state index contributed by atoms with van der Waals surface area (Å²) in [4.78, 5) is 1.16. The minimum absolute atomic E-state index is 0.556. The predicted octanol–water partition coefficient (Wildman–Crippen LogP) is 3.27. The van der Waals surface area contributed by atoms with Crippen LogP contribution in [0.15, 0.2) is 45.9 Å². The first-order valence-corrected chi connectivity index (χ1v) is 6.93. The molecule has 0 bridgehead atoms. The van der Waals surface area contributed by atoms with Crippen LogP contribution in [-0.2, 0) is 0 Å². The Bertz CT molecular complexity index is 725. The second-order valence-corrected chi connectivity index (χ2v) is 4.84. The number of benzene rings is 2. The van der Waals surface area contributed by atoms with E-state index < -0.39 is 0 Å². The molecule has 0 saturated carbocycles. The monoisotopic (exact) mass is 272 g/mol. The predicted molar refractivity (Wildman–Crippen MR) is 77.7 cm³/mol. The van der Waals surface area contributed by atoms with Crippen LogP contribution in [0.3, 0.4) is 0 Å². The quantitative estimate of drug-likeness (QED) is 0.563. The lowest BCUT2D eigenvalue weighted by Crippen LogP contribution is -1.95. The molecule has 6 heteroatoms. The number of para-hydroxylation sites is 1. The third-order valence-corrected chi connectivity index (χ3v) is 3.62. The lowest BCUT2D eigenvalue weighted by Gasteiger charge is -2.10. The van der Waals surface area contributed by atoms with Gasteiger partial charge in [0.05, 0.1) is 17.1 Å². The van der Waals surface area contributed by atoms with Gasteiger partial charge >= 0.3 is 0 Å². The molecule has 0 fully saturated rings. The number of fused-ring (bicyclic) bond motifs is 1. The fourth-order valence-corrected chi connectivity index (χ4v) is 2.43. The van der Waals surface area contributed by atoms with E-state index in [9.17, 15) is 0 Å². The van der Waals surface area contributed by atoms with E-state index in [4.69, 9.17) is 10.4 Å². The van der Waals surface area contributed by atoms with E-state index in [1.165, 1.54) is 0 Å². The average Bonchev–Trinajstić information content (AvgIpc) is 2.93. The maximum absolute atomic E-state index is 5.82. The van der Waals surface area contributed by atoms with Crippen LogP contribution in [0.25, 0.3) is 11.0 Å². The average molecular weight is 272 g/mol. The number of thioether (sulfide) groups is 1. The van der Waals surface area contributed by atoms with Gasteiger partial charge in [0.1, 0.15) is 0 Å². The first-order valence-electron chi connectivity index (χ1n) is 5.70. The molecule has 0 aliphatic carbocycles. The first-order chi connectivity index (χ1) is 9.29. The molecule has 0 radical (unpaired) electrons. The Hall–Kier alpha value is -2.21. The highest BCUT2D eigenvalue weighted by Crippen LogP contribution is 2.31. The summed E-state index contributed by atoms with van der Waals surface area (Å²) in [6, 6.07) is 11.7. The Balaban J connectivity index is 2.06. The number of hydrogen-bond acceptors (Lipinski definition) is 6. The molecule has 19 heavy (non-hydrogen) atoms. The molecule has 5 nitrogen and oxygen atoms in total. The summed E-state index contributed by atoms with van der Waals surface area (Å²) >= 11 is 1.68. The third-order valence-electron chi connectivity index (χ3n) is 2.82. The SMILES string of the molecule is CSc1ccccc1Nc1ccc(N)c2nonc12. The van der Waals surface area contributed by atoms with Gasteiger partial charge in [-0.2, -0.15) is 0 Å². The highest BCUT2D eigenvalue weighted by atomic mass is 32.2. The normalized spacial score (nSPS) is 10.8. The fraction of sp³-hybridized carbons (Fsp3) is 0.0769. The number of hydrogen-bond donors (Lipinski definition) is 2. The van der Waals surface area contributed by atoms with Gasteiger partial charge in [0.2, 0.25) is 0 Å². The van der Waals surface area contributed by atoms with Crippen LogP contribution in [-0.4, -0.2) is 16.6 Å². The van der Waals surface area contributed by atoms with Crippen molar-refractivity contribution in [2.24, 2.45) is 0 Å². The highest BCUT2D eigenvalue weighted by molar-refractivity contribution is 7.98. The molecule has 0 saturated heterocycles. The number of nitrogens with two attached hydrogens (primary N) is 1. The Morgan fingerprint density at radius 3 is 2.68 bits per heavy atom. The van der Waals surface area contributed by atoms with Crippen LogP contribution in [0, 0.1) is 0 Å². The molecule has 0 spiro atoms. The lowest BCUT2D eigenvalue weighted by atomic mass is 10.2. The van der Waals surface area contributed by atoms with Crippen molar-refractivity contribution in [2.75, 3.05) is 17.3 Å². The Morgan fingerprint density at radius 2 is 1.84 bits per heavy atom. The summed E-state index contributed by atoms with van der Waals surface area (Å²) in [7, 11) is 0. The zero-order valence-corrected chi connectivity index (χ0v) is 11.1. The minimum Gasteiger partial charge on any atom is -0.397 e. The Kier molecular flexibility index (Phi) is 3.00. The van der Waals surface area contributed by atoms with Crippen LogP contribution in [0.2, 0.25) is 0 Å². The van der Waals surface area contributed by atoms with Gasteiger partial charge in [0, 0.05) is 4.90 Å². The van der Waals surface area contributed by atoms with E-state index in [0.717, 1.165) is 16.3 Å². The maximum Gasteiger partial charge on any atom is 0.160 e. The van der Waals surface area contributed by atoms with E-state index in [-0.39, 0.29) is 0 Å². The summed E-state index contributed by atoms with van der Waals surface area (Å²) in [5, 5.41) is 11.0. The largest absolute Gasteiger partial charge is 0.397 e. The number of rotatable bonds is 3. The van der Waals surface area contributed by atoms with Crippen LogP contribution in [0.1, 0.15) is 0 Å². The van der Waals surface area contributed by atoms with Crippen LogP contribution in [0.5, 0.6) is 0 Å². The van der Waals surface area contributed by atoms with Crippen LogP contribution in [0.4, 0.5) is 17.1 Å². The standard InChI is InChI=1S/C13H12N4OS/c1-19-11-5-3-2-4-9(11)15-10-7-6-8(14)12-13(10)17-18-16-12/h2-7,15H,14H2,1H3. The lowest BCUT2D eigenvalue weighted by molar-refractivity contribution is 0.316. The number of nitrogens with one attached hydrogen (secondary N) is 1. The number of nitrogens with zero attached hydrogens (tertiary/aromatic N) is 2. The van der Waals surface area contributed by atoms with E-state index in [1.54, 1.807) is 17.8 Å². The van der Waals surface area contributed by atoms with Crippen molar-refractivity contribution in [3.8, 4) is 0 Å². The third kappa shape index (κ3) is 2.10. The van der Waals surface area contributed by atoms with Crippen LogP contribution < -0.4 is 11.1 Å². The van der Waals surface area contributed by atoms with E-state index >= 15 is 0 Å². The zero-order chi connectivity index (χ0) is 13.2. The second kappa shape index (κ2) is 4.81. The van der Waals surface area contributed by atoms with Gasteiger partial charge < -0.3 is 11.1 Å². The molecule has 3 rings (SSSR count). The van der Waals surface area contributed by atoms with Gasteiger partial charge in [-0.05, 0) is 40.8 Å². The maximum atomic E-state index is 5.82. The highest BCUT2D eigenvalue weighted by Gasteiger charge is 2.11. The van der Waals surface area contributed by atoms with Gasteiger partial charge in [-0.15, -0.1) is 11.8 Å². The number of anilines is 3. The van der Waals surface area contributed by atoms with Gasteiger partial charge in [-0.3, -0.25) is 0 Å². The molecular formula is C13H12N4OS. The van der Waals surface area contributed by atoms with Gasteiger partial charge in [-0.1, -0.05) is 12.1 Å². The molecule has 96 valence electrons. The topological polar surface area (TPSA) is 77.0 Å². The van der Waals surface area contributed by atoms with Gasteiger partial charge in [-0.25, -0.2) is 4.63 Å². The number of aromatic nitrogens is 2. The van der Waals surface area contributed by atoms with Crippen molar-refractivity contribution in [1.82, 2.24) is 10.3 Å².